The molecule has 0 heterocycles. The zero-order valence-corrected chi connectivity index (χ0v) is 10.5. The second-order valence-corrected chi connectivity index (χ2v) is 3.51. The van der Waals surface area contributed by atoms with Crippen LogP contribution in [0, 0.1) is 0 Å². The fraction of sp³-hybridized carbons (Fsp3) is 0.909. The number of rotatable bonds is 10. The SMILES string of the molecule is COCCOCCCCNC(C)C(=O)OC. The lowest BCUT2D eigenvalue weighted by atomic mass is 10.3. The standard InChI is InChI=1S/C11H23NO4/c1-10(11(13)15-3)12-6-4-5-7-16-9-8-14-2/h10,12H,4-9H2,1-3H3. The summed E-state index contributed by atoms with van der Waals surface area (Å²) in [6.07, 6.45) is 1.96. The molecule has 0 fully saturated rings. The Kier molecular flexibility index (Phi) is 10.4. The molecule has 0 amide bonds. The quantitative estimate of drug-likeness (QED) is 0.442. The third kappa shape index (κ3) is 8.64. The summed E-state index contributed by atoms with van der Waals surface area (Å²) in [7, 11) is 3.05. The van der Waals surface area contributed by atoms with Gasteiger partial charge in [-0.1, -0.05) is 0 Å². The number of unbranched alkanes of at least 4 members (excludes halogenated alkanes) is 1. The Morgan fingerprint density at radius 1 is 1.19 bits per heavy atom. The Labute approximate surface area is 97.4 Å². The fourth-order valence-corrected chi connectivity index (χ4v) is 1.15. The Morgan fingerprint density at radius 2 is 1.94 bits per heavy atom. The van der Waals surface area contributed by atoms with Gasteiger partial charge in [-0.3, -0.25) is 4.79 Å². The number of esters is 1. The Balaban J connectivity index is 3.17. The molecule has 0 aliphatic rings. The molecule has 0 aliphatic carbocycles. The van der Waals surface area contributed by atoms with E-state index in [0.717, 1.165) is 26.0 Å². The van der Waals surface area contributed by atoms with Gasteiger partial charge >= 0.3 is 5.97 Å². The summed E-state index contributed by atoms with van der Waals surface area (Å²) < 4.78 is 14.8. The first-order chi connectivity index (χ1) is 7.72. The summed E-state index contributed by atoms with van der Waals surface area (Å²) in [5.74, 6) is -0.226. The number of hydrogen-bond donors (Lipinski definition) is 1. The third-order valence-corrected chi connectivity index (χ3v) is 2.15. The maximum atomic E-state index is 11.0. The van der Waals surface area contributed by atoms with Crippen LogP contribution in [0.25, 0.3) is 0 Å². The third-order valence-electron chi connectivity index (χ3n) is 2.15. The highest BCUT2D eigenvalue weighted by Gasteiger charge is 2.10. The molecule has 0 aromatic rings. The van der Waals surface area contributed by atoms with E-state index in [1.165, 1.54) is 7.11 Å². The minimum absolute atomic E-state index is 0.226. The monoisotopic (exact) mass is 233 g/mol. The van der Waals surface area contributed by atoms with Gasteiger partial charge in [0, 0.05) is 13.7 Å². The summed E-state index contributed by atoms with van der Waals surface area (Å²) in [5, 5.41) is 3.08. The van der Waals surface area contributed by atoms with Crippen molar-refractivity contribution in [2.75, 3.05) is 40.6 Å². The number of nitrogens with one attached hydrogen (secondary N) is 1. The Bertz CT molecular complexity index is 175. The van der Waals surface area contributed by atoms with Crippen molar-refractivity contribution in [2.45, 2.75) is 25.8 Å². The lowest BCUT2D eigenvalue weighted by molar-refractivity contribution is -0.142. The number of hydrogen-bond acceptors (Lipinski definition) is 5. The highest BCUT2D eigenvalue weighted by atomic mass is 16.5. The minimum atomic E-state index is -0.237. The highest BCUT2D eigenvalue weighted by molar-refractivity contribution is 5.74. The van der Waals surface area contributed by atoms with E-state index in [1.54, 1.807) is 14.0 Å². The van der Waals surface area contributed by atoms with Gasteiger partial charge in [0.2, 0.25) is 0 Å². The van der Waals surface area contributed by atoms with Crippen molar-refractivity contribution in [2.24, 2.45) is 0 Å². The predicted molar refractivity (Wildman–Crippen MR) is 61.4 cm³/mol. The Morgan fingerprint density at radius 3 is 2.56 bits per heavy atom. The van der Waals surface area contributed by atoms with Crippen LogP contribution in [0.15, 0.2) is 0 Å². The van der Waals surface area contributed by atoms with E-state index in [0.29, 0.717) is 13.2 Å². The fourth-order valence-electron chi connectivity index (χ4n) is 1.15. The van der Waals surface area contributed by atoms with Crippen LogP contribution >= 0.6 is 0 Å². The average molecular weight is 233 g/mol. The first kappa shape index (κ1) is 15.3. The van der Waals surface area contributed by atoms with Gasteiger partial charge in [0.1, 0.15) is 6.04 Å². The summed E-state index contributed by atoms with van der Waals surface area (Å²) in [5.41, 5.74) is 0. The van der Waals surface area contributed by atoms with E-state index in [-0.39, 0.29) is 12.0 Å². The molecule has 0 aromatic carbocycles. The smallest absolute Gasteiger partial charge is 0.322 e. The Hall–Kier alpha value is -0.650. The molecule has 1 N–H and O–H groups in total. The van der Waals surface area contributed by atoms with Gasteiger partial charge in [-0.05, 0) is 26.3 Å². The average Bonchev–Trinajstić information content (AvgIpc) is 2.31. The maximum absolute atomic E-state index is 11.0. The largest absolute Gasteiger partial charge is 0.468 e. The van der Waals surface area contributed by atoms with E-state index in [1.807, 2.05) is 0 Å². The zero-order valence-electron chi connectivity index (χ0n) is 10.5. The van der Waals surface area contributed by atoms with E-state index in [2.05, 4.69) is 10.1 Å². The van der Waals surface area contributed by atoms with Gasteiger partial charge in [-0.15, -0.1) is 0 Å². The van der Waals surface area contributed by atoms with Crippen LogP contribution < -0.4 is 5.32 Å². The molecule has 0 aliphatic heterocycles. The molecule has 0 aromatic heterocycles. The number of carbonyl (C=O) groups excluding carboxylic acids is 1. The zero-order chi connectivity index (χ0) is 12.2. The van der Waals surface area contributed by atoms with Crippen LogP contribution in [0.1, 0.15) is 19.8 Å². The van der Waals surface area contributed by atoms with Crippen LogP contribution in [0.3, 0.4) is 0 Å². The van der Waals surface area contributed by atoms with Gasteiger partial charge in [-0.2, -0.15) is 0 Å². The molecule has 0 spiro atoms. The molecule has 96 valence electrons. The van der Waals surface area contributed by atoms with Crippen molar-refractivity contribution in [1.82, 2.24) is 5.32 Å². The van der Waals surface area contributed by atoms with Crippen molar-refractivity contribution in [3.8, 4) is 0 Å². The summed E-state index contributed by atoms with van der Waals surface area (Å²) in [4.78, 5) is 11.0. The minimum Gasteiger partial charge on any atom is -0.468 e. The maximum Gasteiger partial charge on any atom is 0.322 e. The van der Waals surface area contributed by atoms with Crippen LogP contribution in [-0.4, -0.2) is 52.6 Å². The molecule has 0 bridgehead atoms. The summed E-state index contributed by atoms with van der Waals surface area (Å²) >= 11 is 0. The van der Waals surface area contributed by atoms with Crippen molar-refractivity contribution >= 4 is 5.97 Å². The van der Waals surface area contributed by atoms with E-state index < -0.39 is 0 Å². The van der Waals surface area contributed by atoms with Crippen LogP contribution in [0.5, 0.6) is 0 Å². The van der Waals surface area contributed by atoms with Crippen molar-refractivity contribution < 1.29 is 19.0 Å². The normalized spacial score (nSPS) is 12.4. The molecule has 0 saturated heterocycles. The van der Waals surface area contributed by atoms with E-state index >= 15 is 0 Å². The van der Waals surface area contributed by atoms with E-state index in [4.69, 9.17) is 9.47 Å². The molecule has 16 heavy (non-hydrogen) atoms. The van der Waals surface area contributed by atoms with Gasteiger partial charge < -0.3 is 19.5 Å². The first-order valence-corrected chi connectivity index (χ1v) is 5.60. The molecular formula is C11H23NO4. The van der Waals surface area contributed by atoms with Crippen molar-refractivity contribution in [1.29, 1.82) is 0 Å². The summed E-state index contributed by atoms with van der Waals surface area (Å²) in [6.45, 7) is 4.60. The van der Waals surface area contributed by atoms with Crippen LogP contribution in [0.2, 0.25) is 0 Å². The molecule has 1 atom stereocenters. The van der Waals surface area contributed by atoms with Crippen molar-refractivity contribution in [3.05, 3.63) is 0 Å². The van der Waals surface area contributed by atoms with Gasteiger partial charge in [0.15, 0.2) is 0 Å². The lowest BCUT2D eigenvalue weighted by Crippen LogP contribution is -2.35. The lowest BCUT2D eigenvalue weighted by Gasteiger charge is -2.11. The highest BCUT2D eigenvalue weighted by Crippen LogP contribution is 1.91. The molecule has 0 radical (unpaired) electrons. The molecular weight excluding hydrogens is 210 g/mol. The second-order valence-electron chi connectivity index (χ2n) is 3.51. The van der Waals surface area contributed by atoms with Crippen LogP contribution in [0.4, 0.5) is 0 Å². The topological polar surface area (TPSA) is 56.8 Å². The van der Waals surface area contributed by atoms with Crippen molar-refractivity contribution in [3.63, 3.8) is 0 Å². The predicted octanol–water partition coefficient (Wildman–Crippen LogP) is 0.581. The molecule has 1 unspecified atom stereocenters. The number of carbonyl (C=O) groups is 1. The van der Waals surface area contributed by atoms with Crippen LogP contribution in [-0.2, 0) is 19.0 Å². The summed E-state index contributed by atoms with van der Waals surface area (Å²) in [6, 6.07) is -0.237. The molecule has 5 nitrogen and oxygen atoms in total. The van der Waals surface area contributed by atoms with Gasteiger partial charge in [-0.25, -0.2) is 0 Å². The first-order valence-electron chi connectivity index (χ1n) is 5.60. The molecule has 0 rings (SSSR count). The second kappa shape index (κ2) is 10.9. The molecule has 5 heteroatoms. The van der Waals surface area contributed by atoms with Gasteiger partial charge in [0.05, 0.1) is 20.3 Å². The molecule has 0 saturated carbocycles. The van der Waals surface area contributed by atoms with E-state index in [9.17, 15) is 4.79 Å². The number of methoxy groups -OCH3 is 2. The van der Waals surface area contributed by atoms with Gasteiger partial charge in [0.25, 0.3) is 0 Å². The number of ether oxygens (including phenoxy) is 3.